The molecule has 0 aliphatic carbocycles. The van der Waals surface area contributed by atoms with Gasteiger partial charge in [0.25, 0.3) is 0 Å². The van der Waals surface area contributed by atoms with Crippen LogP contribution < -0.4 is 21.7 Å². The number of carbonyl (C=O) groups is 4. The van der Waals surface area contributed by atoms with Crippen molar-refractivity contribution in [3.05, 3.63) is 0 Å². The molecule has 5 atom stereocenters. The molecule has 0 unspecified atom stereocenters. The standard InChI is InChI=1S/C21H40N4O6S/c1-11(2)9-15(23-18(27)14(22)7-8-32-6)19(28)25-17(13(5)26)20(29)24-16(21(30)31)10-12(3)4/h11-17,26H,7-10,22H2,1-6H3,(H,23,27)(H,24,29)(H,25,28)(H,30,31)/t13-,14+,15+,16+,17+/m1/s1. The molecule has 3 amide bonds. The Bertz CT molecular complexity index is 629. The van der Waals surface area contributed by atoms with Gasteiger partial charge in [-0.3, -0.25) is 14.4 Å². The van der Waals surface area contributed by atoms with Gasteiger partial charge in [0.1, 0.15) is 18.1 Å². The van der Waals surface area contributed by atoms with Gasteiger partial charge < -0.3 is 31.9 Å². The third-order valence-corrected chi connectivity index (χ3v) is 5.34. The number of thioether (sulfide) groups is 1. The molecule has 0 spiro atoms. The highest BCUT2D eigenvalue weighted by Crippen LogP contribution is 2.09. The van der Waals surface area contributed by atoms with Crippen LogP contribution in [0, 0.1) is 11.8 Å². The molecule has 0 bridgehead atoms. The normalized spacial score (nSPS) is 16.1. The summed E-state index contributed by atoms with van der Waals surface area (Å²) in [5, 5.41) is 26.9. The number of carboxylic acid groups (broad SMARTS) is 1. The number of nitrogens with one attached hydrogen (secondary N) is 3. The minimum absolute atomic E-state index is 0.0111. The van der Waals surface area contributed by atoms with Crippen LogP contribution >= 0.6 is 11.8 Å². The van der Waals surface area contributed by atoms with Crippen molar-refractivity contribution < 1.29 is 29.4 Å². The van der Waals surface area contributed by atoms with E-state index in [2.05, 4.69) is 16.0 Å². The van der Waals surface area contributed by atoms with Crippen LogP contribution in [0.3, 0.4) is 0 Å². The Morgan fingerprint density at radius 3 is 1.78 bits per heavy atom. The second-order valence-electron chi connectivity index (χ2n) is 8.83. The van der Waals surface area contributed by atoms with Crippen LogP contribution in [0.2, 0.25) is 0 Å². The predicted octanol–water partition coefficient (Wildman–Crippen LogP) is 0.0788. The highest BCUT2D eigenvalue weighted by Gasteiger charge is 2.33. The Morgan fingerprint density at radius 2 is 1.34 bits per heavy atom. The van der Waals surface area contributed by atoms with Crippen LogP contribution in [0.25, 0.3) is 0 Å². The Kier molecular flexibility index (Phi) is 14.2. The number of nitrogens with two attached hydrogens (primary N) is 1. The van der Waals surface area contributed by atoms with Crippen molar-refractivity contribution in [2.45, 2.75) is 84.2 Å². The van der Waals surface area contributed by atoms with Gasteiger partial charge in [-0.15, -0.1) is 0 Å². The molecule has 0 heterocycles. The van der Waals surface area contributed by atoms with E-state index in [0.717, 1.165) is 0 Å². The van der Waals surface area contributed by atoms with Gasteiger partial charge in [0.05, 0.1) is 12.1 Å². The van der Waals surface area contributed by atoms with Gasteiger partial charge in [-0.1, -0.05) is 27.7 Å². The first-order chi connectivity index (χ1) is 14.8. The van der Waals surface area contributed by atoms with Crippen LogP contribution in [0.5, 0.6) is 0 Å². The maximum atomic E-state index is 12.9. The molecule has 0 aromatic heterocycles. The Balaban J connectivity index is 5.37. The summed E-state index contributed by atoms with van der Waals surface area (Å²) in [6.45, 7) is 8.71. The van der Waals surface area contributed by atoms with E-state index in [1.807, 2.05) is 34.0 Å². The molecule has 0 saturated carbocycles. The van der Waals surface area contributed by atoms with Crippen molar-refractivity contribution in [1.29, 1.82) is 0 Å². The first-order valence-electron chi connectivity index (χ1n) is 10.9. The van der Waals surface area contributed by atoms with Crippen molar-refractivity contribution in [2.24, 2.45) is 17.6 Å². The number of amides is 3. The molecular formula is C21H40N4O6S. The Labute approximate surface area is 194 Å². The molecule has 11 heteroatoms. The van der Waals surface area contributed by atoms with Crippen molar-refractivity contribution in [1.82, 2.24) is 16.0 Å². The van der Waals surface area contributed by atoms with E-state index in [9.17, 15) is 29.4 Å². The molecule has 32 heavy (non-hydrogen) atoms. The lowest BCUT2D eigenvalue weighted by atomic mass is 10.0. The van der Waals surface area contributed by atoms with Gasteiger partial charge in [0.15, 0.2) is 0 Å². The molecular weight excluding hydrogens is 436 g/mol. The zero-order chi connectivity index (χ0) is 25.0. The molecule has 0 aromatic carbocycles. The van der Waals surface area contributed by atoms with Gasteiger partial charge >= 0.3 is 5.97 Å². The monoisotopic (exact) mass is 476 g/mol. The fourth-order valence-electron chi connectivity index (χ4n) is 2.97. The zero-order valence-corrected chi connectivity index (χ0v) is 20.7. The van der Waals surface area contributed by atoms with E-state index >= 15 is 0 Å². The number of rotatable bonds is 15. The quantitative estimate of drug-likeness (QED) is 0.193. The molecule has 0 radical (unpaired) electrons. The largest absolute Gasteiger partial charge is 0.480 e. The predicted molar refractivity (Wildman–Crippen MR) is 125 cm³/mol. The number of carbonyl (C=O) groups excluding carboxylic acids is 3. The number of aliphatic hydroxyl groups excluding tert-OH is 1. The van der Waals surface area contributed by atoms with E-state index in [1.54, 1.807) is 11.8 Å². The summed E-state index contributed by atoms with van der Waals surface area (Å²) < 4.78 is 0. The molecule has 10 nitrogen and oxygen atoms in total. The number of carboxylic acids is 1. The van der Waals surface area contributed by atoms with Crippen LogP contribution in [0.4, 0.5) is 0 Å². The van der Waals surface area contributed by atoms with Crippen LogP contribution in [0.15, 0.2) is 0 Å². The summed E-state index contributed by atoms with van der Waals surface area (Å²) in [7, 11) is 0. The lowest BCUT2D eigenvalue weighted by Crippen LogP contribution is -2.60. The summed E-state index contributed by atoms with van der Waals surface area (Å²) in [6.07, 6.45) is 1.56. The third kappa shape index (κ3) is 11.7. The third-order valence-electron chi connectivity index (χ3n) is 4.69. The van der Waals surface area contributed by atoms with Crippen LogP contribution in [0.1, 0.15) is 53.9 Å². The number of aliphatic hydroxyl groups is 1. The first kappa shape index (κ1) is 30.1. The summed E-state index contributed by atoms with van der Waals surface area (Å²) in [5.74, 6) is -2.38. The Hall–Kier alpha value is -1.85. The summed E-state index contributed by atoms with van der Waals surface area (Å²) in [6, 6.07) is -4.26. The average Bonchev–Trinajstić information content (AvgIpc) is 2.67. The van der Waals surface area contributed by atoms with Crippen LogP contribution in [-0.4, -0.2) is 76.2 Å². The van der Waals surface area contributed by atoms with E-state index < -0.39 is 54.0 Å². The molecule has 0 aliphatic rings. The lowest BCUT2D eigenvalue weighted by Gasteiger charge is -2.27. The maximum Gasteiger partial charge on any atom is 0.326 e. The van der Waals surface area contributed by atoms with Crippen LogP contribution in [-0.2, 0) is 19.2 Å². The summed E-state index contributed by atoms with van der Waals surface area (Å²) in [5.41, 5.74) is 5.89. The second-order valence-corrected chi connectivity index (χ2v) is 9.82. The van der Waals surface area contributed by atoms with Gasteiger partial charge in [-0.05, 0) is 50.0 Å². The smallest absolute Gasteiger partial charge is 0.326 e. The number of aliphatic carboxylic acids is 1. The van der Waals surface area contributed by atoms with Crippen molar-refractivity contribution >= 4 is 35.5 Å². The van der Waals surface area contributed by atoms with Gasteiger partial charge in [-0.25, -0.2) is 4.79 Å². The molecule has 7 N–H and O–H groups in total. The topological polar surface area (TPSA) is 171 Å². The van der Waals surface area contributed by atoms with Crippen molar-refractivity contribution in [2.75, 3.05) is 12.0 Å². The summed E-state index contributed by atoms with van der Waals surface area (Å²) in [4.78, 5) is 49.4. The van der Waals surface area contributed by atoms with Crippen molar-refractivity contribution in [3.8, 4) is 0 Å². The van der Waals surface area contributed by atoms with E-state index in [-0.39, 0.29) is 18.3 Å². The number of hydrogen-bond donors (Lipinski definition) is 6. The fraction of sp³-hybridized carbons (Fsp3) is 0.810. The highest BCUT2D eigenvalue weighted by molar-refractivity contribution is 7.98. The van der Waals surface area contributed by atoms with Gasteiger partial charge in [-0.2, -0.15) is 11.8 Å². The first-order valence-corrected chi connectivity index (χ1v) is 12.3. The lowest BCUT2D eigenvalue weighted by molar-refractivity contribution is -0.143. The SMILES string of the molecule is CSCC[C@H](N)C(=O)N[C@@H](CC(C)C)C(=O)N[C@H](C(=O)N[C@@H](CC(C)C)C(=O)O)[C@@H](C)O. The maximum absolute atomic E-state index is 12.9. The molecule has 0 aliphatic heterocycles. The molecule has 186 valence electrons. The Morgan fingerprint density at radius 1 is 0.844 bits per heavy atom. The molecule has 0 fully saturated rings. The summed E-state index contributed by atoms with van der Waals surface area (Å²) >= 11 is 1.55. The average molecular weight is 477 g/mol. The van der Waals surface area contributed by atoms with Gasteiger partial charge in [0.2, 0.25) is 17.7 Å². The van der Waals surface area contributed by atoms with E-state index in [1.165, 1.54) is 6.92 Å². The zero-order valence-electron chi connectivity index (χ0n) is 19.9. The van der Waals surface area contributed by atoms with E-state index in [4.69, 9.17) is 5.73 Å². The fourth-order valence-corrected chi connectivity index (χ4v) is 3.46. The molecule has 0 saturated heterocycles. The second kappa shape index (κ2) is 15.1. The minimum atomic E-state index is -1.38. The van der Waals surface area contributed by atoms with Gasteiger partial charge in [0, 0.05) is 0 Å². The van der Waals surface area contributed by atoms with E-state index in [0.29, 0.717) is 18.6 Å². The van der Waals surface area contributed by atoms with Crippen molar-refractivity contribution in [3.63, 3.8) is 0 Å². The molecule has 0 rings (SSSR count). The molecule has 0 aromatic rings. The minimum Gasteiger partial charge on any atom is -0.480 e. The number of hydrogen-bond acceptors (Lipinski definition) is 7. The highest BCUT2D eigenvalue weighted by atomic mass is 32.2.